The lowest BCUT2D eigenvalue weighted by atomic mass is 10.2. The van der Waals surface area contributed by atoms with Crippen LogP contribution in [0.25, 0.3) is 0 Å². The molecule has 1 saturated carbocycles. The lowest BCUT2D eigenvalue weighted by Gasteiger charge is -2.16. The molecule has 106 valence electrons. The number of nitrogens with zero attached hydrogens (tertiary/aromatic N) is 2. The SMILES string of the molecule is CC(C)C(=O)NCCCN=C(N)N(C)C1CC1.I. The summed E-state index contributed by atoms with van der Waals surface area (Å²) in [5.41, 5.74) is 5.84. The number of hydrogen-bond acceptors (Lipinski definition) is 2. The van der Waals surface area contributed by atoms with Gasteiger partial charge in [-0.25, -0.2) is 0 Å². The van der Waals surface area contributed by atoms with Gasteiger partial charge in [0.05, 0.1) is 0 Å². The number of guanidine groups is 1. The Balaban J connectivity index is 0.00000289. The average molecular weight is 368 g/mol. The van der Waals surface area contributed by atoms with Crippen LogP contribution in [0.4, 0.5) is 0 Å². The minimum atomic E-state index is 0. The Kier molecular flexibility index (Phi) is 8.30. The summed E-state index contributed by atoms with van der Waals surface area (Å²) < 4.78 is 0. The number of hydrogen-bond donors (Lipinski definition) is 2. The van der Waals surface area contributed by atoms with Gasteiger partial charge in [-0.2, -0.15) is 0 Å². The van der Waals surface area contributed by atoms with Crippen molar-refractivity contribution in [2.45, 2.75) is 39.2 Å². The van der Waals surface area contributed by atoms with Crippen LogP contribution in [-0.2, 0) is 4.79 Å². The Morgan fingerprint density at radius 2 is 2.11 bits per heavy atom. The zero-order valence-corrected chi connectivity index (χ0v) is 13.8. The summed E-state index contributed by atoms with van der Waals surface area (Å²) in [5.74, 6) is 0.754. The first-order chi connectivity index (χ1) is 8.02. The maximum atomic E-state index is 11.3. The van der Waals surface area contributed by atoms with Crippen molar-refractivity contribution >= 4 is 35.8 Å². The first kappa shape index (κ1) is 17.5. The maximum Gasteiger partial charge on any atom is 0.222 e. The van der Waals surface area contributed by atoms with Crippen LogP contribution in [0.15, 0.2) is 4.99 Å². The van der Waals surface area contributed by atoms with E-state index in [1.807, 2.05) is 25.8 Å². The first-order valence-corrected chi connectivity index (χ1v) is 6.33. The molecule has 0 aromatic carbocycles. The minimum Gasteiger partial charge on any atom is -0.370 e. The van der Waals surface area contributed by atoms with E-state index in [2.05, 4.69) is 10.3 Å². The molecule has 0 aromatic heterocycles. The van der Waals surface area contributed by atoms with Gasteiger partial charge >= 0.3 is 0 Å². The van der Waals surface area contributed by atoms with Crippen LogP contribution < -0.4 is 11.1 Å². The van der Waals surface area contributed by atoms with E-state index in [-0.39, 0.29) is 35.8 Å². The van der Waals surface area contributed by atoms with Crippen molar-refractivity contribution in [2.75, 3.05) is 20.1 Å². The number of nitrogens with one attached hydrogen (secondary N) is 1. The lowest BCUT2D eigenvalue weighted by molar-refractivity contribution is -0.123. The van der Waals surface area contributed by atoms with Crippen LogP contribution in [0, 0.1) is 5.92 Å². The number of halogens is 1. The molecule has 0 aliphatic heterocycles. The molecule has 3 N–H and O–H groups in total. The molecule has 0 unspecified atom stereocenters. The maximum absolute atomic E-state index is 11.3. The van der Waals surface area contributed by atoms with E-state index in [0.717, 1.165) is 6.42 Å². The van der Waals surface area contributed by atoms with Crippen LogP contribution in [0.5, 0.6) is 0 Å². The van der Waals surface area contributed by atoms with Crippen molar-refractivity contribution in [3.05, 3.63) is 0 Å². The van der Waals surface area contributed by atoms with Crippen LogP contribution in [0.1, 0.15) is 33.1 Å². The lowest BCUT2D eigenvalue weighted by Crippen LogP contribution is -2.36. The van der Waals surface area contributed by atoms with Gasteiger partial charge in [-0.1, -0.05) is 13.8 Å². The third-order valence-electron chi connectivity index (χ3n) is 2.89. The smallest absolute Gasteiger partial charge is 0.222 e. The summed E-state index contributed by atoms with van der Waals surface area (Å²) in [6, 6.07) is 0.597. The summed E-state index contributed by atoms with van der Waals surface area (Å²) in [7, 11) is 1.98. The van der Waals surface area contributed by atoms with Gasteiger partial charge in [0.15, 0.2) is 5.96 Å². The molecular weight excluding hydrogens is 343 g/mol. The Labute approximate surface area is 127 Å². The van der Waals surface area contributed by atoms with Crippen molar-refractivity contribution in [3.8, 4) is 0 Å². The van der Waals surface area contributed by atoms with Crippen LogP contribution >= 0.6 is 24.0 Å². The largest absolute Gasteiger partial charge is 0.370 e. The summed E-state index contributed by atoms with van der Waals surface area (Å²) in [6.07, 6.45) is 3.27. The molecule has 1 aliphatic carbocycles. The van der Waals surface area contributed by atoms with E-state index in [1.165, 1.54) is 12.8 Å². The highest BCUT2D eigenvalue weighted by Gasteiger charge is 2.27. The molecule has 0 bridgehead atoms. The molecule has 6 heteroatoms. The standard InChI is InChI=1S/C12H24N4O.HI/c1-9(2)11(17)14-7-4-8-15-12(13)16(3)10-5-6-10;/h9-10H,4-8H2,1-3H3,(H2,13,15)(H,14,17);1H. The number of nitrogens with two attached hydrogens (primary N) is 1. The quantitative estimate of drug-likeness (QED) is 0.320. The Hall–Kier alpha value is -0.530. The van der Waals surface area contributed by atoms with Crippen LogP contribution in [0.2, 0.25) is 0 Å². The molecule has 1 fully saturated rings. The molecular formula is C12H25IN4O. The van der Waals surface area contributed by atoms with Crippen molar-refractivity contribution in [3.63, 3.8) is 0 Å². The second-order valence-corrected chi connectivity index (χ2v) is 4.88. The van der Waals surface area contributed by atoms with Crippen molar-refractivity contribution < 1.29 is 4.79 Å². The molecule has 0 heterocycles. The predicted octanol–water partition coefficient (Wildman–Crippen LogP) is 1.18. The highest BCUT2D eigenvalue weighted by molar-refractivity contribution is 14.0. The molecule has 0 radical (unpaired) electrons. The molecule has 1 rings (SSSR count). The Morgan fingerprint density at radius 1 is 1.50 bits per heavy atom. The van der Waals surface area contributed by atoms with Gasteiger partial charge in [0.2, 0.25) is 5.91 Å². The normalized spacial score (nSPS) is 15.2. The topological polar surface area (TPSA) is 70.7 Å². The Bertz CT molecular complexity index is 290. The van der Waals surface area contributed by atoms with Crippen molar-refractivity contribution in [1.29, 1.82) is 0 Å². The summed E-state index contributed by atoms with van der Waals surface area (Å²) in [6.45, 7) is 5.11. The fourth-order valence-corrected chi connectivity index (χ4v) is 1.45. The second-order valence-electron chi connectivity index (χ2n) is 4.88. The van der Waals surface area contributed by atoms with E-state index in [1.54, 1.807) is 0 Å². The molecule has 1 aliphatic rings. The predicted molar refractivity (Wildman–Crippen MR) is 85.2 cm³/mol. The Morgan fingerprint density at radius 3 is 2.61 bits per heavy atom. The molecule has 0 atom stereocenters. The fraction of sp³-hybridized carbons (Fsp3) is 0.833. The molecule has 1 amide bonds. The minimum absolute atomic E-state index is 0. The van der Waals surface area contributed by atoms with Crippen molar-refractivity contribution in [2.24, 2.45) is 16.6 Å². The van der Waals surface area contributed by atoms with Gasteiger partial charge < -0.3 is 16.0 Å². The summed E-state index contributed by atoms with van der Waals surface area (Å²) in [5, 5.41) is 2.86. The highest BCUT2D eigenvalue weighted by Crippen LogP contribution is 2.24. The van der Waals surface area contributed by atoms with Crippen molar-refractivity contribution in [1.82, 2.24) is 10.2 Å². The van der Waals surface area contributed by atoms with Gasteiger partial charge in [0.25, 0.3) is 0 Å². The fourth-order valence-electron chi connectivity index (χ4n) is 1.45. The van der Waals surface area contributed by atoms with Crippen LogP contribution in [0.3, 0.4) is 0 Å². The molecule has 5 nitrogen and oxygen atoms in total. The van der Waals surface area contributed by atoms with E-state index < -0.39 is 0 Å². The van der Waals surface area contributed by atoms with Gasteiger partial charge in [-0.15, -0.1) is 24.0 Å². The third-order valence-corrected chi connectivity index (χ3v) is 2.89. The average Bonchev–Trinajstić information content (AvgIpc) is 3.10. The van der Waals surface area contributed by atoms with E-state index in [9.17, 15) is 4.79 Å². The monoisotopic (exact) mass is 368 g/mol. The molecule has 0 saturated heterocycles. The van der Waals surface area contributed by atoms with Gasteiger partial charge in [-0.3, -0.25) is 9.79 Å². The molecule has 18 heavy (non-hydrogen) atoms. The summed E-state index contributed by atoms with van der Waals surface area (Å²) >= 11 is 0. The number of aliphatic imine (C=N–C) groups is 1. The third kappa shape index (κ3) is 6.42. The zero-order valence-electron chi connectivity index (χ0n) is 11.5. The van der Waals surface area contributed by atoms with Crippen LogP contribution in [-0.4, -0.2) is 42.9 Å². The van der Waals surface area contributed by atoms with Gasteiger partial charge in [-0.05, 0) is 19.3 Å². The van der Waals surface area contributed by atoms with Gasteiger partial charge in [0.1, 0.15) is 0 Å². The number of amides is 1. The van der Waals surface area contributed by atoms with E-state index in [4.69, 9.17) is 5.73 Å². The van der Waals surface area contributed by atoms with Gasteiger partial charge in [0, 0.05) is 32.1 Å². The number of rotatable bonds is 6. The molecule has 0 spiro atoms. The molecule has 0 aromatic rings. The number of carbonyl (C=O) groups excluding carboxylic acids is 1. The second kappa shape index (κ2) is 8.55. The van der Waals surface area contributed by atoms with E-state index in [0.29, 0.717) is 25.1 Å². The first-order valence-electron chi connectivity index (χ1n) is 6.33. The zero-order chi connectivity index (χ0) is 12.8. The highest BCUT2D eigenvalue weighted by atomic mass is 127. The summed E-state index contributed by atoms with van der Waals surface area (Å²) in [4.78, 5) is 17.6. The number of carbonyl (C=O) groups is 1. The van der Waals surface area contributed by atoms with E-state index >= 15 is 0 Å².